The molecule has 0 radical (unpaired) electrons. The van der Waals surface area contributed by atoms with Crippen LogP contribution in [-0.2, 0) is 11.2 Å². The molecule has 3 amide bonds. The molecule has 12 nitrogen and oxygen atoms in total. The van der Waals surface area contributed by atoms with Crippen molar-refractivity contribution in [3.63, 3.8) is 0 Å². The number of carbonyl (C=O) groups is 3. The molecule has 6 rings (SSSR count). The summed E-state index contributed by atoms with van der Waals surface area (Å²) in [6, 6.07) is 8.85. The van der Waals surface area contributed by atoms with Crippen LogP contribution in [0.1, 0.15) is 42.3 Å². The Hall–Kier alpha value is -5.46. The molecule has 3 N–H and O–H groups in total. The second kappa shape index (κ2) is 11.5. The van der Waals surface area contributed by atoms with E-state index in [1.807, 2.05) is 12.1 Å². The van der Waals surface area contributed by atoms with Gasteiger partial charge in [-0.3, -0.25) is 15.0 Å². The maximum Gasteiger partial charge on any atom is 0.412 e. The molecule has 4 aromatic rings. The number of carbonyl (C=O) groups excluding carboxylic acids is 2. The van der Waals surface area contributed by atoms with Crippen LogP contribution < -0.4 is 20.3 Å². The van der Waals surface area contributed by atoms with Crippen LogP contribution in [0.4, 0.5) is 36.9 Å². The zero-order valence-electron chi connectivity index (χ0n) is 26.0. The van der Waals surface area contributed by atoms with Crippen molar-refractivity contribution in [2.24, 2.45) is 0 Å². The average Bonchev–Trinajstić information content (AvgIpc) is 2.99. The standard InChI is InChI=1S/C33H33FN6O6/c1-17-23(15-36-29-28(17)40(32(43)44)10-11-45-29)22-12-19-13-25(37-20-7-6-18-8-9-39(5)30(41)21(18)14-20)35-16-24(19)27(26(22)34)38-31(42)46-33(2,3)4/h6-7,12-16H,8-11H2,1-5H3,(H,35,37)(H,38,42)(H,43,44). The van der Waals surface area contributed by atoms with Gasteiger partial charge in [-0.1, -0.05) is 6.07 Å². The summed E-state index contributed by atoms with van der Waals surface area (Å²) in [5.41, 5.74) is 2.27. The number of nitrogens with zero attached hydrogens (tertiary/aromatic N) is 4. The molecule has 0 fully saturated rings. The van der Waals surface area contributed by atoms with Crippen LogP contribution in [0.5, 0.6) is 5.88 Å². The number of rotatable bonds is 4. The van der Waals surface area contributed by atoms with Crippen LogP contribution in [0.15, 0.2) is 42.7 Å². The third-order valence-electron chi connectivity index (χ3n) is 7.88. The molecular formula is C33H33FN6O6. The number of carboxylic acid groups (broad SMARTS) is 1. The Bertz CT molecular complexity index is 1920. The quantitative estimate of drug-likeness (QED) is 0.236. The number of pyridine rings is 2. The normalized spacial score (nSPS) is 14.3. The van der Waals surface area contributed by atoms with E-state index in [9.17, 15) is 19.5 Å². The lowest BCUT2D eigenvalue weighted by atomic mass is 9.96. The second-order valence-electron chi connectivity index (χ2n) is 12.2. The molecule has 2 aliphatic rings. The summed E-state index contributed by atoms with van der Waals surface area (Å²) < 4.78 is 27.5. The van der Waals surface area contributed by atoms with Gasteiger partial charge in [-0.2, -0.15) is 0 Å². The largest absolute Gasteiger partial charge is 0.474 e. The van der Waals surface area contributed by atoms with E-state index in [2.05, 4.69) is 20.6 Å². The number of hydrogen-bond donors (Lipinski definition) is 3. The van der Waals surface area contributed by atoms with Crippen molar-refractivity contribution < 1.29 is 33.4 Å². The molecule has 4 heterocycles. The number of hydrogen-bond acceptors (Lipinski definition) is 8. The van der Waals surface area contributed by atoms with Crippen molar-refractivity contribution in [1.82, 2.24) is 14.9 Å². The summed E-state index contributed by atoms with van der Waals surface area (Å²) >= 11 is 0. The minimum Gasteiger partial charge on any atom is -0.474 e. The maximum atomic E-state index is 16.5. The lowest BCUT2D eigenvalue weighted by molar-refractivity contribution is 0.0635. The molecule has 0 bridgehead atoms. The topological polar surface area (TPSA) is 146 Å². The van der Waals surface area contributed by atoms with Crippen LogP contribution in [0.2, 0.25) is 0 Å². The highest BCUT2D eigenvalue weighted by atomic mass is 19.1. The predicted octanol–water partition coefficient (Wildman–Crippen LogP) is 6.34. The van der Waals surface area contributed by atoms with Crippen molar-refractivity contribution in [1.29, 1.82) is 0 Å². The van der Waals surface area contributed by atoms with Gasteiger partial charge in [0.05, 0.1) is 12.2 Å². The molecule has 13 heteroatoms. The number of halogens is 1. The average molecular weight is 629 g/mol. The first kappa shape index (κ1) is 30.6. The van der Waals surface area contributed by atoms with Crippen molar-refractivity contribution >= 4 is 51.7 Å². The van der Waals surface area contributed by atoms with Gasteiger partial charge in [0.1, 0.15) is 23.7 Å². The summed E-state index contributed by atoms with van der Waals surface area (Å²) in [6.07, 6.45) is 1.58. The minimum absolute atomic E-state index is 0.0600. The van der Waals surface area contributed by atoms with Gasteiger partial charge < -0.3 is 24.8 Å². The van der Waals surface area contributed by atoms with Crippen LogP contribution in [0.25, 0.3) is 21.9 Å². The van der Waals surface area contributed by atoms with Gasteiger partial charge in [-0.05, 0) is 74.9 Å². The summed E-state index contributed by atoms with van der Waals surface area (Å²) in [5.74, 6) is -0.291. The van der Waals surface area contributed by atoms with Gasteiger partial charge in [0.25, 0.3) is 5.91 Å². The number of ether oxygens (including phenoxy) is 2. The van der Waals surface area contributed by atoms with E-state index >= 15 is 4.39 Å². The first-order chi connectivity index (χ1) is 21.8. The van der Waals surface area contributed by atoms with Gasteiger partial charge in [-0.15, -0.1) is 0 Å². The van der Waals surface area contributed by atoms with E-state index < -0.39 is 23.6 Å². The van der Waals surface area contributed by atoms with Gasteiger partial charge in [0, 0.05) is 53.8 Å². The predicted molar refractivity (Wildman–Crippen MR) is 171 cm³/mol. The zero-order valence-corrected chi connectivity index (χ0v) is 26.0. The number of likely N-dealkylation sites (N-methyl/N-ethyl adjacent to an activating group) is 1. The third-order valence-corrected chi connectivity index (χ3v) is 7.88. The van der Waals surface area contributed by atoms with E-state index in [-0.39, 0.29) is 41.9 Å². The molecule has 0 spiro atoms. The van der Waals surface area contributed by atoms with E-state index in [4.69, 9.17) is 9.47 Å². The summed E-state index contributed by atoms with van der Waals surface area (Å²) in [7, 11) is 1.77. The smallest absolute Gasteiger partial charge is 0.412 e. The molecule has 2 aromatic heterocycles. The monoisotopic (exact) mass is 628 g/mol. The summed E-state index contributed by atoms with van der Waals surface area (Å²) in [4.78, 5) is 49.2. The molecule has 0 saturated heterocycles. The molecule has 0 aliphatic carbocycles. The Morgan fingerprint density at radius 2 is 1.85 bits per heavy atom. The first-order valence-corrected chi connectivity index (χ1v) is 14.7. The third kappa shape index (κ3) is 5.71. The molecule has 46 heavy (non-hydrogen) atoms. The minimum atomic E-state index is -1.19. The number of fused-ring (bicyclic) bond motifs is 3. The van der Waals surface area contributed by atoms with Crippen LogP contribution in [0, 0.1) is 12.7 Å². The lowest BCUT2D eigenvalue weighted by Gasteiger charge is -2.29. The zero-order chi connectivity index (χ0) is 32.9. The Labute approximate surface area is 264 Å². The number of aromatic nitrogens is 2. The molecule has 2 aliphatic heterocycles. The Balaban J connectivity index is 1.47. The maximum absolute atomic E-state index is 16.5. The molecule has 0 atom stereocenters. The SMILES string of the molecule is Cc1c(-c2cc3cc(Nc4ccc5c(c4)C(=O)N(C)CC5)ncc3c(NC(=O)OC(C)(C)C)c2F)cnc2c1N(C(=O)O)CCO2. The van der Waals surface area contributed by atoms with Gasteiger partial charge in [0.15, 0.2) is 5.82 Å². The van der Waals surface area contributed by atoms with Crippen molar-refractivity contribution in [3.8, 4) is 17.0 Å². The van der Waals surface area contributed by atoms with Crippen LogP contribution >= 0.6 is 0 Å². The van der Waals surface area contributed by atoms with E-state index in [1.165, 1.54) is 12.4 Å². The second-order valence-corrected chi connectivity index (χ2v) is 12.2. The fraction of sp³-hybridized carbons (Fsp3) is 0.303. The number of anilines is 4. The molecular weight excluding hydrogens is 595 g/mol. The van der Waals surface area contributed by atoms with Gasteiger partial charge >= 0.3 is 12.2 Å². The molecule has 0 saturated carbocycles. The highest BCUT2D eigenvalue weighted by Crippen LogP contribution is 2.42. The summed E-state index contributed by atoms with van der Waals surface area (Å²) in [5, 5.41) is 16.4. The van der Waals surface area contributed by atoms with Crippen LogP contribution in [0.3, 0.4) is 0 Å². The van der Waals surface area contributed by atoms with Crippen molar-refractivity contribution in [2.75, 3.05) is 42.3 Å². The van der Waals surface area contributed by atoms with Crippen molar-refractivity contribution in [2.45, 2.75) is 39.7 Å². The highest BCUT2D eigenvalue weighted by molar-refractivity contribution is 6.04. The summed E-state index contributed by atoms with van der Waals surface area (Å²) in [6.45, 7) is 7.64. The Kier molecular flexibility index (Phi) is 7.62. The highest BCUT2D eigenvalue weighted by Gasteiger charge is 2.30. The Morgan fingerprint density at radius 1 is 1.07 bits per heavy atom. The fourth-order valence-corrected chi connectivity index (χ4v) is 5.68. The van der Waals surface area contributed by atoms with Gasteiger partial charge in [-0.25, -0.2) is 23.9 Å². The lowest BCUT2D eigenvalue weighted by Crippen LogP contribution is -2.37. The Morgan fingerprint density at radius 3 is 2.59 bits per heavy atom. The van der Waals surface area contributed by atoms with E-state index in [0.717, 1.165) is 16.9 Å². The molecule has 0 unspecified atom stereocenters. The first-order valence-electron chi connectivity index (χ1n) is 14.7. The van der Waals surface area contributed by atoms with E-state index in [1.54, 1.807) is 57.8 Å². The molecule has 2 aromatic carbocycles. The van der Waals surface area contributed by atoms with E-state index in [0.29, 0.717) is 45.5 Å². The van der Waals surface area contributed by atoms with Crippen LogP contribution in [-0.4, -0.2) is 70.4 Å². The van der Waals surface area contributed by atoms with Crippen molar-refractivity contribution in [3.05, 3.63) is 65.2 Å². The van der Waals surface area contributed by atoms with Gasteiger partial charge in [0.2, 0.25) is 5.88 Å². The fourth-order valence-electron chi connectivity index (χ4n) is 5.68. The number of nitrogens with one attached hydrogen (secondary N) is 2. The number of amides is 3. The molecule has 238 valence electrons. The number of benzene rings is 2.